The second-order valence-electron chi connectivity index (χ2n) is 3.58. The Morgan fingerprint density at radius 1 is 1.47 bits per heavy atom. The highest BCUT2D eigenvalue weighted by Gasteiger charge is 2.20. The van der Waals surface area contributed by atoms with Gasteiger partial charge in [0.1, 0.15) is 11.4 Å². The lowest BCUT2D eigenvalue weighted by molar-refractivity contribution is 0.0596. The molecule has 0 unspecified atom stereocenters. The third-order valence-corrected chi connectivity index (χ3v) is 2.22. The van der Waals surface area contributed by atoms with E-state index >= 15 is 0 Å². The van der Waals surface area contributed by atoms with Gasteiger partial charge in [-0.1, -0.05) is 19.9 Å². The minimum absolute atomic E-state index is 0.00555. The van der Waals surface area contributed by atoms with Crippen LogP contribution in [-0.4, -0.2) is 13.1 Å². The van der Waals surface area contributed by atoms with E-state index in [0.717, 1.165) is 0 Å². The SMILES string of the molecule is COC(=O)c1c(N)ccc(C(C)C)c1F. The standard InChI is InChI=1S/C11H14FNO2/c1-6(2)7-4-5-8(13)9(10(7)12)11(14)15-3/h4-6H,13H2,1-3H3. The fourth-order valence-electron chi connectivity index (χ4n) is 1.36. The Labute approximate surface area is 88.0 Å². The van der Waals surface area contributed by atoms with Gasteiger partial charge in [0.15, 0.2) is 0 Å². The number of hydrogen-bond acceptors (Lipinski definition) is 3. The molecule has 0 spiro atoms. The molecule has 1 aromatic rings. The summed E-state index contributed by atoms with van der Waals surface area (Å²) in [5.74, 6) is -1.33. The molecule has 15 heavy (non-hydrogen) atoms. The molecule has 0 bridgehead atoms. The predicted octanol–water partition coefficient (Wildman–Crippen LogP) is 2.32. The van der Waals surface area contributed by atoms with Crippen LogP contribution in [0.25, 0.3) is 0 Å². The summed E-state index contributed by atoms with van der Waals surface area (Å²) in [6.45, 7) is 3.69. The number of hydrogen-bond donors (Lipinski definition) is 1. The van der Waals surface area contributed by atoms with Gasteiger partial charge in [-0.25, -0.2) is 9.18 Å². The van der Waals surface area contributed by atoms with Crippen LogP contribution in [0, 0.1) is 5.82 Å². The fraction of sp³-hybridized carbons (Fsp3) is 0.364. The van der Waals surface area contributed by atoms with Crippen LogP contribution in [0.3, 0.4) is 0 Å². The van der Waals surface area contributed by atoms with Gasteiger partial charge in [-0.05, 0) is 17.5 Å². The summed E-state index contributed by atoms with van der Waals surface area (Å²) in [4.78, 5) is 11.3. The lowest BCUT2D eigenvalue weighted by Gasteiger charge is -2.11. The summed E-state index contributed by atoms with van der Waals surface area (Å²) in [6, 6.07) is 3.10. The Morgan fingerprint density at radius 3 is 2.53 bits per heavy atom. The number of ether oxygens (including phenoxy) is 1. The molecule has 2 N–H and O–H groups in total. The maximum Gasteiger partial charge on any atom is 0.342 e. The van der Waals surface area contributed by atoms with Crippen molar-refractivity contribution in [3.63, 3.8) is 0 Å². The number of nitrogen functional groups attached to an aromatic ring is 1. The van der Waals surface area contributed by atoms with Crippen molar-refractivity contribution in [2.45, 2.75) is 19.8 Å². The van der Waals surface area contributed by atoms with Gasteiger partial charge < -0.3 is 10.5 Å². The topological polar surface area (TPSA) is 52.3 Å². The van der Waals surface area contributed by atoms with Crippen LogP contribution in [0.15, 0.2) is 12.1 Å². The van der Waals surface area contributed by atoms with E-state index in [0.29, 0.717) is 5.56 Å². The number of rotatable bonds is 2. The second kappa shape index (κ2) is 4.29. The average molecular weight is 211 g/mol. The number of carbonyl (C=O) groups excluding carboxylic acids is 1. The maximum absolute atomic E-state index is 13.8. The van der Waals surface area contributed by atoms with E-state index in [9.17, 15) is 9.18 Å². The molecule has 3 nitrogen and oxygen atoms in total. The highest BCUT2D eigenvalue weighted by atomic mass is 19.1. The van der Waals surface area contributed by atoms with E-state index in [4.69, 9.17) is 5.73 Å². The lowest BCUT2D eigenvalue weighted by atomic mass is 9.98. The van der Waals surface area contributed by atoms with Crippen molar-refractivity contribution in [3.8, 4) is 0 Å². The van der Waals surface area contributed by atoms with Gasteiger partial charge in [0, 0.05) is 5.69 Å². The first kappa shape index (κ1) is 11.5. The normalized spacial score (nSPS) is 10.5. The minimum Gasteiger partial charge on any atom is -0.465 e. The molecule has 1 aromatic carbocycles. The van der Waals surface area contributed by atoms with Crippen molar-refractivity contribution >= 4 is 11.7 Å². The van der Waals surface area contributed by atoms with Crippen molar-refractivity contribution in [1.82, 2.24) is 0 Å². The summed E-state index contributed by atoms with van der Waals surface area (Å²) in [5, 5.41) is 0. The first-order chi connectivity index (χ1) is 6.99. The van der Waals surface area contributed by atoms with Gasteiger partial charge >= 0.3 is 5.97 Å². The van der Waals surface area contributed by atoms with Crippen LogP contribution in [-0.2, 0) is 4.74 Å². The monoisotopic (exact) mass is 211 g/mol. The Bertz CT molecular complexity index is 388. The summed E-state index contributed by atoms with van der Waals surface area (Å²) in [7, 11) is 1.20. The summed E-state index contributed by atoms with van der Waals surface area (Å²) >= 11 is 0. The summed E-state index contributed by atoms with van der Waals surface area (Å²) < 4.78 is 18.3. The number of benzene rings is 1. The molecule has 0 aromatic heterocycles. The Kier molecular flexibility index (Phi) is 3.29. The van der Waals surface area contributed by atoms with Gasteiger partial charge in [-0.3, -0.25) is 0 Å². The number of halogens is 1. The zero-order chi connectivity index (χ0) is 11.6. The molecule has 0 aliphatic heterocycles. The number of esters is 1. The molecule has 1 rings (SSSR count). The third kappa shape index (κ3) is 2.09. The quantitative estimate of drug-likeness (QED) is 0.603. The van der Waals surface area contributed by atoms with Gasteiger partial charge in [0.05, 0.1) is 7.11 Å². The van der Waals surface area contributed by atoms with Crippen LogP contribution < -0.4 is 5.73 Å². The molecule has 0 fully saturated rings. The number of carbonyl (C=O) groups is 1. The highest BCUT2D eigenvalue weighted by molar-refractivity contribution is 5.95. The molecule has 0 saturated heterocycles. The fourth-order valence-corrected chi connectivity index (χ4v) is 1.36. The van der Waals surface area contributed by atoms with Crippen LogP contribution in [0.2, 0.25) is 0 Å². The van der Waals surface area contributed by atoms with E-state index in [1.807, 2.05) is 13.8 Å². The van der Waals surface area contributed by atoms with Gasteiger partial charge in [0.25, 0.3) is 0 Å². The predicted molar refractivity (Wildman–Crippen MR) is 56.2 cm³/mol. The second-order valence-corrected chi connectivity index (χ2v) is 3.58. The minimum atomic E-state index is -0.743. The van der Waals surface area contributed by atoms with E-state index in [1.54, 1.807) is 6.07 Å². The highest BCUT2D eigenvalue weighted by Crippen LogP contribution is 2.25. The largest absolute Gasteiger partial charge is 0.465 e. The molecule has 82 valence electrons. The van der Waals surface area contributed by atoms with E-state index in [2.05, 4.69) is 4.74 Å². The molecular formula is C11H14FNO2. The molecule has 0 aliphatic carbocycles. The number of nitrogens with two attached hydrogens (primary N) is 1. The molecule has 0 atom stereocenters. The molecule has 0 aliphatic rings. The van der Waals surface area contributed by atoms with Crippen molar-refractivity contribution < 1.29 is 13.9 Å². The van der Waals surface area contributed by atoms with Gasteiger partial charge in [0.2, 0.25) is 0 Å². The molecule has 4 heteroatoms. The Morgan fingerprint density at radius 2 is 2.07 bits per heavy atom. The Balaban J connectivity index is 3.36. The maximum atomic E-state index is 13.8. The Hall–Kier alpha value is -1.58. The molecule has 0 amide bonds. The first-order valence-electron chi connectivity index (χ1n) is 4.65. The molecule has 0 radical (unpaired) electrons. The van der Waals surface area contributed by atoms with Crippen LogP contribution in [0.1, 0.15) is 35.7 Å². The summed E-state index contributed by atoms with van der Waals surface area (Å²) in [6.07, 6.45) is 0. The van der Waals surface area contributed by atoms with Crippen LogP contribution in [0.4, 0.5) is 10.1 Å². The zero-order valence-electron chi connectivity index (χ0n) is 9.00. The van der Waals surface area contributed by atoms with Crippen molar-refractivity contribution in [3.05, 3.63) is 29.1 Å². The van der Waals surface area contributed by atoms with Crippen molar-refractivity contribution in [2.24, 2.45) is 0 Å². The molecular weight excluding hydrogens is 197 g/mol. The first-order valence-corrected chi connectivity index (χ1v) is 4.65. The van der Waals surface area contributed by atoms with Crippen molar-refractivity contribution in [2.75, 3.05) is 12.8 Å². The average Bonchev–Trinajstić information content (AvgIpc) is 2.16. The van der Waals surface area contributed by atoms with E-state index in [-0.39, 0.29) is 17.2 Å². The number of anilines is 1. The van der Waals surface area contributed by atoms with E-state index in [1.165, 1.54) is 13.2 Å². The van der Waals surface area contributed by atoms with Crippen LogP contribution >= 0.6 is 0 Å². The molecule has 0 heterocycles. The third-order valence-electron chi connectivity index (χ3n) is 2.22. The smallest absolute Gasteiger partial charge is 0.342 e. The van der Waals surface area contributed by atoms with E-state index < -0.39 is 11.8 Å². The van der Waals surface area contributed by atoms with Gasteiger partial charge in [-0.2, -0.15) is 0 Å². The van der Waals surface area contributed by atoms with Crippen molar-refractivity contribution in [1.29, 1.82) is 0 Å². The molecule has 0 saturated carbocycles. The number of methoxy groups -OCH3 is 1. The van der Waals surface area contributed by atoms with Crippen LogP contribution in [0.5, 0.6) is 0 Å². The summed E-state index contributed by atoms with van der Waals surface area (Å²) in [5.41, 5.74) is 5.91. The zero-order valence-corrected chi connectivity index (χ0v) is 9.00. The van der Waals surface area contributed by atoms with Gasteiger partial charge in [-0.15, -0.1) is 0 Å². The lowest BCUT2D eigenvalue weighted by Crippen LogP contribution is -2.11.